The molecule has 0 rings (SSSR count). The van der Waals surface area contributed by atoms with Crippen LogP contribution in [0.1, 0.15) is 33.1 Å². The number of nitrogens with one attached hydrogen (secondary N) is 1. The van der Waals surface area contributed by atoms with Crippen molar-refractivity contribution in [2.75, 3.05) is 20.3 Å². The zero-order chi connectivity index (χ0) is 10.1. The number of likely N-dealkylation sites (N-methyl/N-ethyl adjacent to an activating group) is 1. The van der Waals surface area contributed by atoms with Gasteiger partial charge in [0.05, 0.1) is 6.61 Å². The molecule has 0 aromatic carbocycles. The Morgan fingerprint density at radius 3 is 2.62 bits per heavy atom. The maximum absolute atomic E-state index is 5.48. The van der Waals surface area contributed by atoms with Crippen molar-refractivity contribution in [3.63, 3.8) is 0 Å². The minimum atomic E-state index is 0.430. The normalized spacial score (nSPS) is 12.8. The number of rotatable bonds is 8. The number of hydrogen-bond donors (Lipinski definition) is 1. The van der Waals surface area contributed by atoms with E-state index in [0.29, 0.717) is 6.04 Å². The monoisotopic (exact) mass is 185 g/mol. The molecule has 0 aliphatic rings. The van der Waals surface area contributed by atoms with Gasteiger partial charge >= 0.3 is 0 Å². The highest BCUT2D eigenvalue weighted by Gasteiger charge is 2.06. The van der Waals surface area contributed by atoms with E-state index in [0.717, 1.165) is 32.5 Å². The smallest absolute Gasteiger partial charge is 0.0622 e. The maximum Gasteiger partial charge on any atom is 0.0622 e. The van der Waals surface area contributed by atoms with Gasteiger partial charge in [0.2, 0.25) is 0 Å². The fraction of sp³-hybridized carbons (Fsp3) is 0.818. The molecule has 13 heavy (non-hydrogen) atoms. The molecule has 0 aromatic rings. The van der Waals surface area contributed by atoms with Crippen molar-refractivity contribution in [2.45, 2.75) is 39.2 Å². The lowest BCUT2D eigenvalue weighted by atomic mass is 10.1. The van der Waals surface area contributed by atoms with Crippen molar-refractivity contribution in [2.24, 2.45) is 0 Å². The first-order valence-corrected chi connectivity index (χ1v) is 5.16. The maximum atomic E-state index is 5.48. The summed E-state index contributed by atoms with van der Waals surface area (Å²) in [5.41, 5.74) is 1.29. The van der Waals surface area contributed by atoms with E-state index in [1.54, 1.807) is 0 Å². The minimum absolute atomic E-state index is 0.430. The fourth-order valence-corrected chi connectivity index (χ4v) is 1.11. The molecule has 0 heterocycles. The molecule has 0 aliphatic carbocycles. The van der Waals surface area contributed by atoms with Crippen molar-refractivity contribution in [1.82, 2.24) is 5.32 Å². The van der Waals surface area contributed by atoms with Crippen molar-refractivity contribution >= 4 is 0 Å². The molecule has 0 radical (unpaired) electrons. The van der Waals surface area contributed by atoms with E-state index in [1.807, 2.05) is 7.05 Å². The molecular weight excluding hydrogens is 162 g/mol. The average Bonchev–Trinajstić information content (AvgIpc) is 2.16. The summed E-state index contributed by atoms with van der Waals surface area (Å²) in [4.78, 5) is 0. The van der Waals surface area contributed by atoms with Crippen LogP contribution in [0.15, 0.2) is 12.2 Å². The Morgan fingerprint density at radius 2 is 2.15 bits per heavy atom. The standard InChI is InChI=1S/C11H23NO/c1-5-7-13-9-11(12-4)8-10(3)6-2/h11-12H,3,5-9H2,1-2,4H3. The molecule has 1 N–H and O–H groups in total. The van der Waals surface area contributed by atoms with Gasteiger partial charge in [0.25, 0.3) is 0 Å². The van der Waals surface area contributed by atoms with E-state index in [4.69, 9.17) is 4.74 Å². The first kappa shape index (κ1) is 12.7. The minimum Gasteiger partial charge on any atom is -0.380 e. The quantitative estimate of drug-likeness (QED) is 0.463. The Hall–Kier alpha value is -0.340. The third-order valence-corrected chi connectivity index (χ3v) is 2.11. The zero-order valence-corrected chi connectivity index (χ0v) is 9.23. The van der Waals surface area contributed by atoms with Gasteiger partial charge < -0.3 is 10.1 Å². The number of ether oxygens (including phenoxy) is 1. The SMILES string of the molecule is C=C(CC)CC(COCCC)NC. The molecule has 1 unspecified atom stereocenters. The third kappa shape index (κ3) is 6.79. The lowest BCUT2D eigenvalue weighted by Gasteiger charge is -2.16. The lowest BCUT2D eigenvalue weighted by Crippen LogP contribution is -2.30. The van der Waals surface area contributed by atoms with Gasteiger partial charge in [-0.1, -0.05) is 26.0 Å². The fourth-order valence-electron chi connectivity index (χ4n) is 1.11. The van der Waals surface area contributed by atoms with Crippen LogP contribution in [0.4, 0.5) is 0 Å². The lowest BCUT2D eigenvalue weighted by molar-refractivity contribution is 0.113. The second kappa shape index (κ2) is 8.27. The molecule has 78 valence electrons. The summed E-state index contributed by atoms with van der Waals surface area (Å²) in [6.07, 6.45) is 3.17. The molecule has 0 aromatic heterocycles. The van der Waals surface area contributed by atoms with E-state index in [9.17, 15) is 0 Å². The summed E-state index contributed by atoms with van der Waals surface area (Å²) in [6.45, 7) is 9.91. The molecule has 2 nitrogen and oxygen atoms in total. The second-order valence-electron chi connectivity index (χ2n) is 3.37. The number of hydrogen-bond acceptors (Lipinski definition) is 2. The highest BCUT2D eigenvalue weighted by atomic mass is 16.5. The largest absolute Gasteiger partial charge is 0.380 e. The summed E-state index contributed by atoms with van der Waals surface area (Å²) in [5.74, 6) is 0. The molecular formula is C11H23NO. The van der Waals surface area contributed by atoms with Crippen LogP contribution in [0.2, 0.25) is 0 Å². The molecule has 0 saturated carbocycles. The molecule has 2 heteroatoms. The molecule has 0 fully saturated rings. The first-order valence-electron chi connectivity index (χ1n) is 5.16. The summed E-state index contributed by atoms with van der Waals surface area (Å²) in [5, 5.41) is 3.24. The van der Waals surface area contributed by atoms with E-state index in [1.165, 1.54) is 5.57 Å². The zero-order valence-electron chi connectivity index (χ0n) is 9.23. The van der Waals surface area contributed by atoms with Crippen LogP contribution in [0, 0.1) is 0 Å². The Labute approximate surface area is 82.4 Å². The highest BCUT2D eigenvalue weighted by Crippen LogP contribution is 2.06. The Kier molecular flexibility index (Phi) is 8.05. The third-order valence-electron chi connectivity index (χ3n) is 2.11. The van der Waals surface area contributed by atoms with Crippen LogP contribution >= 0.6 is 0 Å². The van der Waals surface area contributed by atoms with Gasteiger partial charge in [0.15, 0.2) is 0 Å². The predicted molar refractivity (Wildman–Crippen MR) is 58.0 cm³/mol. The van der Waals surface area contributed by atoms with Gasteiger partial charge in [0, 0.05) is 12.6 Å². The summed E-state index contributed by atoms with van der Waals surface area (Å²) >= 11 is 0. The Morgan fingerprint density at radius 1 is 1.46 bits per heavy atom. The van der Waals surface area contributed by atoms with Crippen LogP contribution in [-0.4, -0.2) is 26.3 Å². The van der Waals surface area contributed by atoms with Gasteiger partial charge in [-0.15, -0.1) is 0 Å². The van der Waals surface area contributed by atoms with Gasteiger partial charge in [-0.2, -0.15) is 0 Å². The van der Waals surface area contributed by atoms with Gasteiger partial charge in [-0.3, -0.25) is 0 Å². The summed E-state index contributed by atoms with van der Waals surface area (Å²) in [6, 6.07) is 0.430. The molecule has 0 saturated heterocycles. The van der Waals surface area contributed by atoms with Gasteiger partial charge in [-0.05, 0) is 26.3 Å². The van der Waals surface area contributed by atoms with E-state index in [2.05, 4.69) is 25.7 Å². The van der Waals surface area contributed by atoms with Gasteiger partial charge in [0.1, 0.15) is 0 Å². The van der Waals surface area contributed by atoms with Crippen LogP contribution in [-0.2, 0) is 4.74 Å². The van der Waals surface area contributed by atoms with Crippen LogP contribution in [0.5, 0.6) is 0 Å². The van der Waals surface area contributed by atoms with Crippen molar-refractivity contribution in [3.8, 4) is 0 Å². The van der Waals surface area contributed by atoms with E-state index < -0.39 is 0 Å². The van der Waals surface area contributed by atoms with Gasteiger partial charge in [-0.25, -0.2) is 0 Å². The van der Waals surface area contributed by atoms with Crippen molar-refractivity contribution in [1.29, 1.82) is 0 Å². The second-order valence-corrected chi connectivity index (χ2v) is 3.37. The van der Waals surface area contributed by atoms with Crippen LogP contribution in [0.3, 0.4) is 0 Å². The van der Waals surface area contributed by atoms with Crippen molar-refractivity contribution < 1.29 is 4.74 Å². The molecule has 0 amide bonds. The van der Waals surface area contributed by atoms with Crippen LogP contribution in [0.25, 0.3) is 0 Å². The molecule has 0 bridgehead atoms. The predicted octanol–water partition coefficient (Wildman–Crippen LogP) is 2.36. The molecule has 1 atom stereocenters. The molecule has 0 aliphatic heterocycles. The molecule has 0 spiro atoms. The highest BCUT2D eigenvalue weighted by molar-refractivity contribution is 4.96. The Balaban J connectivity index is 3.56. The van der Waals surface area contributed by atoms with Crippen molar-refractivity contribution in [3.05, 3.63) is 12.2 Å². The topological polar surface area (TPSA) is 21.3 Å². The van der Waals surface area contributed by atoms with E-state index >= 15 is 0 Å². The average molecular weight is 185 g/mol. The van der Waals surface area contributed by atoms with E-state index in [-0.39, 0.29) is 0 Å². The summed E-state index contributed by atoms with van der Waals surface area (Å²) < 4.78 is 5.48. The first-order chi connectivity index (χ1) is 6.24. The summed E-state index contributed by atoms with van der Waals surface area (Å²) in [7, 11) is 1.98. The van der Waals surface area contributed by atoms with Crippen LogP contribution < -0.4 is 5.32 Å². The Bertz CT molecular complexity index is 134.